The SMILES string of the molecule is COC(C)(C)CNc1nccc(Nc2cc3c(cn2)ncn3C(C)C)n1. The molecule has 2 N–H and O–H groups in total. The predicted molar refractivity (Wildman–Crippen MR) is 103 cm³/mol. The number of rotatable bonds is 7. The van der Waals surface area contributed by atoms with Gasteiger partial charge < -0.3 is 19.9 Å². The summed E-state index contributed by atoms with van der Waals surface area (Å²) in [5.74, 6) is 1.91. The van der Waals surface area contributed by atoms with Crippen molar-refractivity contribution >= 4 is 28.6 Å². The zero-order valence-corrected chi connectivity index (χ0v) is 15.8. The Morgan fingerprint density at radius 3 is 2.73 bits per heavy atom. The molecule has 3 heterocycles. The number of methoxy groups -OCH3 is 1. The lowest BCUT2D eigenvalue weighted by Gasteiger charge is -2.23. The van der Waals surface area contributed by atoms with Crippen molar-refractivity contribution in [2.75, 3.05) is 24.3 Å². The Labute approximate surface area is 153 Å². The fourth-order valence-electron chi connectivity index (χ4n) is 2.42. The van der Waals surface area contributed by atoms with Crippen molar-refractivity contribution in [2.45, 2.75) is 39.3 Å². The van der Waals surface area contributed by atoms with Crippen LogP contribution in [-0.4, -0.2) is 43.8 Å². The largest absolute Gasteiger partial charge is 0.377 e. The van der Waals surface area contributed by atoms with Crippen LogP contribution in [0.15, 0.2) is 30.9 Å². The molecule has 3 aromatic rings. The van der Waals surface area contributed by atoms with Gasteiger partial charge in [-0.2, -0.15) is 4.98 Å². The number of hydrogen-bond acceptors (Lipinski definition) is 7. The van der Waals surface area contributed by atoms with Gasteiger partial charge in [0.1, 0.15) is 17.2 Å². The number of pyridine rings is 1. The summed E-state index contributed by atoms with van der Waals surface area (Å²) in [6.45, 7) is 8.85. The predicted octanol–water partition coefficient (Wildman–Crippen LogP) is 3.38. The van der Waals surface area contributed by atoms with Crippen LogP contribution in [0.3, 0.4) is 0 Å². The minimum Gasteiger partial charge on any atom is -0.377 e. The minimum absolute atomic E-state index is 0.297. The molecule has 0 spiro atoms. The maximum absolute atomic E-state index is 5.40. The van der Waals surface area contributed by atoms with Crippen molar-refractivity contribution in [1.29, 1.82) is 0 Å². The second-order valence-electron chi connectivity index (χ2n) is 7.01. The molecule has 0 saturated carbocycles. The number of aromatic nitrogens is 5. The summed E-state index contributed by atoms with van der Waals surface area (Å²) in [4.78, 5) is 17.5. The van der Waals surface area contributed by atoms with Gasteiger partial charge in [-0.05, 0) is 33.8 Å². The molecule has 0 bridgehead atoms. The topological polar surface area (TPSA) is 89.8 Å². The highest BCUT2D eigenvalue weighted by atomic mass is 16.5. The molecular formula is C18H25N7O. The summed E-state index contributed by atoms with van der Waals surface area (Å²) in [6.07, 6.45) is 5.30. The first-order valence-electron chi connectivity index (χ1n) is 8.59. The molecule has 138 valence electrons. The minimum atomic E-state index is -0.297. The second-order valence-corrected chi connectivity index (χ2v) is 7.01. The van der Waals surface area contributed by atoms with Gasteiger partial charge in [0.15, 0.2) is 0 Å². The molecule has 0 atom stereocenters. The molecule has 8 nitrogen and oxygen atoms in total. The normalized spacial score (nSPS) is 11.9. The molecule has 0 fully saturated rings. The number of fused-ring (bicyclic) bond motifs is 1. The first-order valence-corrected chi connectivity index (χ1v) is 8.59. The van der Waals surface area contributed by atoms with E-state index in [1.807, 2.05) is 26.2 Å². The molecular weight excluding hydrogens is 330 g/mol. The maximum Gasteiger partial charge on any atom is 0.224 e. The average Bonchev–Trinajstić information content (AvgIpc) is 3.04. The van der Waals surface area contributed by atoms with E-state index in [9.17, 15) is 0 Å². The van der Waals surface area contributed by atoms with E-state index in [-0.39, 0.29) is 5.60 Å². The molecule has 0 aliphatic heterocycles. The zero-order valence-electron chi connectivity index (χ0n) is 15.8. The van der Waals surface area contributed by atoms with Crippen LogP contribution >= 0.6 is 0 Å². The second kappa shape index (κ2) is 7.25. The number of nitrogens with zero attached hydrogens (tertiary/aromatic N) is 5. The number of ether oxygens (including phenoxy) is 1. The van der Waals surface area contributed by atoms with E-state index in [1.165, 1.54) is 0 Å². The zero-order chi connectivity index (χ0) is 18.7. The summed E-state index contributed by atoms with van der Waals surface area (Å²) >= 11 is 0. The standard InChI is InChI=1S/C18H25N7O/c1-12(2)25-11-22-13-9-20-16(8-14(13)25)23-15-6-7-19-17(24-15)21-10-18(3,4)26-5/h6-9,11-12H,10H2,1-5H3,(H2,19,20,21,23,24). The van der Waals surface area contributed by atoms with Gasteiger partial charge >= 0.3 is 0 Å². The third-order valence-corrected chi connectivity index (χ3v) is 4.15. The summed E-state index contributed by atoms with van der Waals surface area (Å²) in [6, 6.07) is 4.11. The van der Waals surface area contributed by atoms with Crippen molar-refractivity contribution in [3.05, 3.63) is 30.9 Å². The molecule has 0 saturated heterocycles. The quantitative estimate of drug-likeness (QED) is 0.671. The van der Waals surface area contributed by atoms with Crippen LogP contribution in [-0.2, 0) is 4.74 Å². The smallest absolute Gasteiger partial charge is 0.224 e. The van der Waals surface area contributed by atoms with E-state index in [0.29, 0.717) is 30.2 Å². The van der Waals surface area contributed by atoms with Crippen LogP contribution in [0.25, 0.3) is 11.0 Å². The highest BCUT2D eigenvalue weighted by Crippen LogP contribution is 2.21. The summed E-state index contributed by atoms with van der Waals surface area (Å²) in [7, 11) is 1.68. The van der Waals surface area contributed by atoms with E-state index >= 15 is 0 Å². The maximum atomic E-state index is 5.40. The van der Waals surface area contributed by atoms with Gasteiger partial charge in [-0.15, -0.1) is 0 Å². The highest BCUT2D eigenvalue weighted by Gasteiger charge is 2.16. The van der Waals surface area contributed by atoms with E-state index in [1.54, 1.807) is 25.6 Å². The highest BCUT2D eigenvalue weighted by molar-refractivity contribution is 5.78. The third kappa shape index (κ3) is 4.08. The van der Waals surface area contributed by atoms with Gasteiger partial charge in [0.05, 0.1) is 23.6 Å². The molecule has 26 heavy (non-hydrogen) atoms. The third-order valence-electron chi connectivity index (χ3n) is 4.15. The molecule has 0 aromatic carbocycles. The first kappa shape index (κ1) is 18.1. The van der Waals surface area contributed by atoms with Gasteiger partial charge in [-0.25, -0.2) is 15.0 Å². The van der Waals surface area contributed by atoms with Crippen LogP contribution < -0.4 is 10.6 Å². The van der Waals surface area contributed by atoms with Crippen molar-refractivity contribution in [3.8, 4) is 0 Å². The van der Waals surface area contributed by atoms with Crippen LogP contribution in [0, 0.1) is 0 Å². The van der Waals surface area contributed by atoms with Crippen LogP contribution in [0.5, 0.6) is 0 Å². The number of anilines is 3. The molecule has 3 aromatic heterocycles. The monoisotopic (exact) mass is 355 g/mol. The van der Waals surface area contributed by atoms with Gasteiger partial charge in [0.2, 0.25) is 5.95 Å². The van der Waals surface area contributed by atoms with Gasteiger partial charge in [0.25, 0.3) is 0 Å². The molecule has 0 amide bonds. The van der Waals surface area contributed by atoms with Gasteiger partial charge in [-0.1, -0.05) is 0 Å². The lowest BCUT2D eigenvalue weighted by molar-refractivity contribution is 0.0342. The Hall–Kier alpha value is -2.74. The Balaban J connectivity index is 1.77. The lowest BCUT2D eigenvalue weighted by Crippen LogP contribution is -2.32. The van der Waals surface area contributed by atoms with E-state index in [4.69, 9.17) is 4.74 Å². The Morgan fingerprint density at radius 2 is 2.00 bits per heavy atom. The number of hydrogen-bond donors (Lipinski definition) is 2. The van der Waals surface area contributed by atoms with Crippen molar-refractivity contribution in [2.24, 2.45) is 0 Å². The summed E-state index contributed by atoms with van der Waals surface area (Å²) in [5.41, 5.74) is 1.61. The van der Waals surface area contributed by atoms with E-state index in [2.05, 4.69) is 49.0 Å². The Bertz CT molecular complexity index is 888. The van der Waals surface area contributed by atoms with Crippen molar-refractivity contribution in [1.82, 2.24) is 24.5 Å². The molecule has 0 radical (unpaired) electrons. The number of imidazole rings is 1. The lowest BCUT2D eigenvalue weighted by atomic mass is 10.1. The van der Waals surface area contributed by atoms with Crippen LogP contribution in [0.4, 0.5) is 17.6 Å². The molecule has 8 heteroatoms. The van der Waals surface area contributed by atoms with E-state index in [0.717, 1.165) is 11.0 Å². The van der Waals surface area contributed by atoms with Gasteiger partial charge in [0, 0.05) is 32.0 Å². The molecule has 3 rings (SSSR count). The Kier molecular flexibility index (Phi) is 5.03. The van der Waals surface area contributed by atoms with Crippen molar-refractivity contribution < 1.29 is 4.74 Å². The number of nitrogens with one attached hydrogen (secondary N) is 2. The van der Waals surface area contributed by atoms with Crippen molar-refractivity contribution in [3.63, 3.8) is 0 Å². The fourth-order valence-corrected chi connectivity index (χ4v) is 2.42. The van der Waals surface area contributed by atoms with E-state index < -0.39 is 0 Å². The first-order chi connectivity index (χ1) is 12.4. The fraction of sp³-hybridized carbons (Fsp3) is 0.444. The summed E-state index contributed by atoms with van der Waals surface area (Å²) < 4.78 is 7.51. The molecule has 0 unspecified atom stereocenters. The van der Waals surface area contributed by atoms with Crippen LogP contribution in [0.2, 0.25) is 0 Å². The molecule has 0 aliphatic rings. The molecule has 0 aliphatic carbocycles. The average molecular weight is 355 g/mol. The Morgan fingerprint density at radius 1 is 1.19 bits per heavy atom. The van der Waals surface area contributed by atoms with Gasteiger partial charge in [-0.3, -0.25) is 0 Å². The summed E-state index contributed by atoms with van der Waals surface area (Å²) in [5, 5.41) is 6.42. The van der Waals surface area contributed by atoms with Crippen LogP contribution in [0.1, 0.15) is 33.7 Å².